The van der Waals surface area contributed by atoms with Gasteiger partial charge in [-0.25, -0.2) is 4.68 Å². The molecule has 0 aliphatic carbocycles. The van der Waals surface area contributed by atoms with E-state index in [9.17, 15) is 18.3 Å². The van der Waals surface area contributed by atoms with Gasteiger partial charge < -0.3 is 5.11 Å². The van der Waals surface area contributed by atoms with E-state index in [2.05, 4.69) is 10.3 Å². The van der Waals surface area contributed by atoms with Gasteiger partial charge in [0.15, 0.2) is 0 Å². The van der Waals surface area contributed by atoms with Crippen LogP contribution in [-0.4, -0.2) is 20.1 Å². The van der Waals surface area contributed by atoms with Gasteiger partial charge in [-0.15, -0.1) is 5.10 Å². The molecular formula is C12H12F3N3O. The topological polar surface area (TPSA) is 50.9 Å². The Morgan fingerprint density at radius 1 is 1.37 bits per heavy atom. The molecule has 0 spiro atoms. The van der Waals surface area contributed by atoms with E-state index in [1.54, 1.807) is 6.92 Å². The molecule has 0 amide bonds. The molecule has 0 saturated carbocycles. The fourth-order valence-electron chi connectivity index (χ4n) is 1.59. The van der Waals surface area contributed by atoms with Gasteiger partial charge in [-0.05, 0) is 24.6 Å². The van der Waals surface area contributed by atoms with E-state index in [-0.39, 0.29) is 5.69 Å². The van der Waals surface area contributed by atoms with E-state index >= 15 is 0 Å². The normalized spacial score (nSPS) is 13.5. The minimum atomic E-state index is -4.40. The molecule has 2 rings (SSSR count). The second-order valence-corrected chi connectivity index (χ2v) is 4.06. The first-order valence-corrected chi connectivity index (χ1v) is 5.69. The van der Waals surface area contributed by atoms with Crippen molar-refractivity contribution >= 4 is 0 Å². The van der Waals surface area contributed by atoms with Crippen molar-refractivity contribution < 1.29 is 18.3 Å². The highest BCUT2D eigenvalue weighted by molar-refractivity contribution is 5.36. The van der Waals surface area contributed by atoms with Crippen LogP contribution in [0, 0.1) is 0 Å². The Labute approximate surface area is 107 Å². The van der Waals surface area contributed by atoms with E-state index in [0.717, 1.165) is 12.1 Å². The fraction of sp³-hybridized carbons (Fsp3) is 0.333. The molecule has 0 bridgehead atoms. The van der Waals surface area contributed by atoms with Crippen molar-refractivity contribution in [3.63, 3.8) is 0 Å². The average molecular weight is 271 g/mol. The smallest absolute Gasteiger partial charge is 0.387 e. The van der Waals surface area contributed by atoms with Crippen molar-refractivity contribution in [3.05, 3.63) is 41.7 Å². The van der Waals surface area contributed by atoms with Gasteiger partial charge in [0, 0.05) is 0 Å². The molecule has 0 radical (unpaired) electrons. The van der Waals surface area contributed by atoms with Crippen molar-refractivity contribution in [2.75, 3.05) is 0 Å². The molecule has 1 aromatic heterocycles. The predicted octanol–water partition coefficient (Wildman–Crippen LogP) is 2.73. The van der Waals surface area contributed by atoms with E-state index < -0.39 is 17.8 Å². The van der Waals surface area contributed by atoms with Crippen LogP contribution < -0.4 is 0 Å². The summed E-state index contributed by atoms with van der Waals surface area (Å²) in [6.45, 7) is 1.77. The summed E-state index contributed by atoms with van der Waals surface area (Å²) < 4.78 is 39.0. The van der Waals surface area contributed by atoms with Gasteiger partial charge in [-0.3, -0.25) is 0 Å². The van der Waals surface area contributed by atoms with Crippen LogP contribution >= 0.6 is 0 Å². The first-order valence-electron chi connectivity index (χ1n) is 5.69. The lowest BCUT2D eigenvalue weighted by atomic mass is 10.2. The minimum absolute atomic E-state index is 0.247. The molecule has 1 N–H and O–H groups in total. The number of nitrogens with zero attached hydrogens (tertiary/aromatic N) is 3. The summed E-state index contributed by atoms with van der Waals surface area (Å²) in [6.07, 6.45) is -3.28. The van der Waals surface area contributed by atoms with Crippen molar-refractivity contribution in [3.8, 4) is 5.69 Å². The molecule has 0 saturated heterocycles. The Morgan fingerprint density at radius 2 is 2.11 bits per heavy atom. The molecule has 7 heteroatoms. The molecule has 102 valence electrons. The fourth-order valence-corrected chi connectivity index (χ4v) is 1.59. The summed E-state index contributed by atoms with van der Waals surface area (Å²) in [4.78, 5) is 0. The number of aliphatic hydroxyl groups excluding tert-OH is 1. The number of halogens is 3. The van der Waals surface area contributed by atoms with Crippen molar-refractivity contribution in [1.29, 1.82) is 0 Å². The maximum absolute atomic E-state index is 12.6. The standard InChI is InChI=1S/C12H12F3N3O/c1-2-11(19)10-7-18(17-16-10)9-5-3-4-8(6-9)12(13,14)15/h3-7,11,19H,2H2,1H3. The highest BCUT2D eigenvalue weighted by atomic mass is 19.4. The summed E-state index contributed by atoms with van der Waals surface area (Å²) in [5, 5.41) is 17.0. The van der Waals surface area contributed by atoms with Gasteiger partial charge in [-0.1, -0.05) is 18.2 Å². The Balaban J connectivity index is 2.34. The monoisotopic (exact) mass is 271 g/mol. The predicted molar refractivity (Wildman–Crippen MR) is 61.6 cm³/mol. The SMILES string of the molecule is CCC(O)c1cn(-c2cccc(C(F)(F)F)c2)nn1. The highest BCUT2D eigenvalue weighted by Gasteiger charge is 2.30. The lowest BCUT2D eigenvalue weighted by Gasteiger charge is -2.08. The first kappa shape index (κ1) is 13.5. The molecule has 0 aliphatic rings. The number of aliphatic hydroxyl groups is 1. The third-order valence-electron chi connectivity index (χ3n) is 2.68. The van der Waals surface area contributed by atoms with E-state index in [1.165, 1.54) is 23.0 Å². The lowest BCUT2D eigenvalue weighted by molar-refractivity contribution is -0.137. The van der Waals surface area contributed by atoms with Crippen molar-refractivity contribution in [1.82, 2.24) is 15.0 Å². The molecule has 1 heterocycles. The third-order valence-corrected chi connectivity index (χ3v) is 2.68. The highest BCUT2D eigenvalue weighted by Crippen LogP contribution is 2.30. The van der Waals surface area contributed by atoms with E-state index in [4.69, 9.17) is 0 Å². The average Bonchev–Trinajstić information content (AvgIpc) is 2.86. The molecular weight excluding hydrogens is 259 g/mol. The quantitative estimate of drug-likeness (QED) is 0.933. The van der Waals surface area contributed by atoms with Gasteiger partial charge in [0.25, 0.3) is 0 Å². The summed E-state index contributed by atoms with van der Waals surface area (Å²) in [5.41, 5.74) is -0.171. The number of aromatic nitrogens is 3. The van der Waals surface area contributed by atoms with Crippen LogP contribution in [-0.2, 0) is 6.18 Å². The zero-order valence-corrected chi connectivity index (χ0v) is 10.1. The number of benzene rings is 1. The number of hydrogen-bond acceptors (Lipinski definition) is 3. The van der Waals surface area contributed by atoms with Crippen LogP contribution in [0.3, 0.4) is 0 Å². The number of alkyl halides is 3. The lowest BCUT2D eigenvalue weighted by Crippen LogP contribution is -2.06. The van der Waals surface area contributed by atoms with E-state index in [0.29, 0.717) is 12.1 Å². The largest absolute Gasteiger partial charge is 0.416 e. The maximum Gasteiger partial charge on any atom is 0.416 e. The Kier molecular flexibility index (Phi) is 3.57. The molecule has 2 aromatic rings. The van der Waals surface area contributed by atoms with Gasteiger partial charge in [0.05, 0.1) is 23.6 Å². The second-order valence-electron chi connectivity index (χ2n) is 4.06. The summed E-state index contributed by atoms with van der Waals surface area (Å²) in [5.74, 6) is 0. The Morgan fingerprint density at radius 3 is 2.74 bits per heavy atom. The Bertz CT molecular complexity index is 565. The third kappa shape index (κ3) is 2.93. The van der Waals surface area contributed by atoms with Crippen LogP contribution in [0.4, 0.5) is 13.2 Å². The Hall–Kier alpha value is -1.89. The van der Waals surface area contributed by atoms with Gasteiger partial charge in [0.2, 0.25) is 0 Å². The van der Waals surface area contributed by atoms with Crippen LogP contribution in [0.2, 0.25) is 0 Å². The second kappa shape index (κ2) is 5.00. The molecule has 19 heavy (non-hydrogen) atoms. The number of hydrogen-bond donors (Lipinski definition) is 1. The maximum atomic E-state index is 12.6. The molecule has 1 unspecified atom stereocenters. The molecule has 0 fully saturated rings. The minimum Gasteiger partial charge on any atom is -0.387 e. The van der Waals surface area contributed by atoms with Gasteiger partial charge in [-0.2, -0.15) is 13.2 Å². The van der Waals surface area contributed by atoms with Crippen LogP contribution in [0.5, 0.6) is 0 Å². The molecule has 1 atom stereocenters. The summed E-state index contributed by atoms with van der Waals surface area (Å²) in [7, 11) is 0. The van der Waals surface area contributed by atoms with Gasteiger partial charge in [0.1, 0.15) is 5.69 Å². The molecule has 4 nitrogen and oxygen atoms in total. The van der Waals surface area contributed by atoms with Crippen molar-refractivity contribution in [2.24, 2.45) is 0 Å². The molecule has 0 aliphatic heterocycles. The summed E-state index contributed by atoms with van der Waals surface area (Å²) >= 11 is 0. The number of rotatable bonds is 3. The van der Waals surface area contributed by atoms with Crippen molar-refractivity contribution in [2.45, 2.75) is 25.6 Å². The van der Waals surface area contributed by atoms with Crippen LogP contribution in [0.25, 0.3) is 5.69 Å². The molecule has 1 aromatic carbocycles. The van der Waals surface area contributed by atoms with Gasteiger partial charge >= 0.3 is 6.18 Å². The zero-order chi connectivity index (χ0) is 14.0. The van der Waals surface area contributed by atoms with Crippen LogP contribution in [0.1, 0.15) is 30.7 Å². The van der Waals surface area contributed by atoms with Crippen LogP contribution in [0.15, 0.2) is 30.5 Å². The summed E-state index contributed by atoms with van der Waals surface area (Å²) in [6, 6.07) is 4.76. The van der Waals surface area contributed by atoms with E-state index in [1.807, 2.05) is 0 Å². The zero-order valence-electron chi connectivity index (χ0n) is 10.1. The first-order chi connectivity index (χ1) is 8.91.